The molecule has 1 atom stereocenters. The van der Waals surface area contributed by atoms with Crippen LogP contribution in [0.4, 0.5) is 0 Å². The summed E-state index contributed by atoms with van der Waals surface area (Å²) >= 11 is 1.97. The summed E-state index contributed by atoms with van der Waals surface area (Å²) < 4.78 is 11.6. The molecule has 0 spiro atoms. The van der Waals surface area contributed by atoms with Gasteiger partial charge < -0.3 is 20.1 Å². The molecule has 1 unspecified atom stereocenters. The van der Waals surface area contributed by atoms with E-state index in [-0.39, 0.29) is 6.10 Å². The molecule has 1 aromatic carbocycles. The maximum absolute atomic E-state index is 6.04. The van der Waals surface area contributed by atoms with E-state index in [9.17, 15) is 0 Å². The number of fused-ring (bicyclic) bond motifs is 1. The zero-order valence-electron chi connectivity index (χ0n) is 12.0. The Morgan fingerprint density at radius 3 is 2.86 bits per heavy atom. The van der Waals surface area contributed by atoms with E-state index in [2.05, 4.69) is 9.89 Å². The molecule has 0 radical (unpaired) electrons. The Morgan fingerprint density at radius 1 is 1.29 bits per heavy atom. The van der Waals surface area contributed by atoms with Gasteiger partial charge in [0, 0.05) is 37.6 Å². The van der Waals surface area contributed by atoms with Gasteiger partial charge in [0.1, 0.15) is 12.7 Å². The van der Waals surface area contributed by atoms with Crippen LogP contribution in [-0.4, -0.2) is 54.7 Å². The quantitative estimate of drug-likeness (QED) is 0.678. The van der Waals surface area contributed by atoms with Gasteiger partial charge in [-0.2, -0.15) is 11.8 Å². The molecule has 0 bridgehead atoms. The molecule has 3 rings (SSSR count). The number of para-hydroxylation sites is 2. The van der Waals surface area contributed by atoms with Crippen molar-refractivity contribution >= 4 is 17.7 Å². The maximum atomic E-state index is 6.04. The molecule has 1 aromatic rings. The minimum atomic E-state index is 0.0494. The third kappa shape index (κ3) is 3.75. The van der Waals surface area contributed by atoms with E-state index in [0.717, 1.165) is 42.5 Å². The highest BCUT2D eigenvalue weighted by Gasteiger charge is 2.20. The lowest BCUT2D eigenvalue weighted by atomic mass is 10.2. The Morgan fingerprint density at radius 2 is 2.05 bits per heavy atom. The van der Waals surface area contributed by atoms with E-state index < -0.39 is 0 Å². The van der Waals surface area contributed by atoms with E-state index in [0.29, 0.717) is 19.1 Å². The van der Waals surface area contributed by atoms with Crippen LogP contribution in [0.3, 0.4) is 0 Å². The fourth-order valence-electron chi connectivity index (χ4n) is 2.42. The number of rotatable bonds is 3. The first kappa shape index (κ1) is 14.4. The summed E-state index contributed by atoms with van der Waals surface area (Å²) in [5.74, 6) is 4.56. The topological polar surface area (TPSA) is 60.1 Å². The number of hydrogen-bond donors (Lipinski definition) is 1. The SMILES string of the molecule is NC(=NCCC1COc2ccccc2O1)N1CCSCC1. The first-order valence-corrected chi connectivity index (χ1v) is 8.49. The highest BCUT2D eigenvalue weighted by atomic mass is 32.2. The molecule has 2 aliphatic rings. The van der Waals surface area contributed by atoms with Crippen LogP contribution in [0.25, 0.3) is 0 Å². The second kappa shape index (κ2) is 6.93. The standard InChI is InChI=1S/C15H21N3O2S/c16-15(18-7-9-21-10-8-18)17-6-5-12-11-19-13-3-1-2-4-14(13)20-12/h1-4,12H,5-11H2,(H2,16,17). The van der Waals surface area contributed by atoms with Crippen molar-refractivity contribution in [3.63, 3.8) is 0 Å². The number of guanidine groups is 1. The average Bonchev–Trinajstić information content (AvgIpc) is 2.55. The molecular formula is C15H21N3O2S. The van der Waals surface area contributed by atoms with Crippen molar-refractivity contribution in [3.05, 3.63) is 24.3 Å². The van der Waals surface area contributed by atoms with Crippen LogP contribution in [0, 0.1) is 0 Å². The van der Waals surface area contributed by atoms with Gasteiger partial charge in [0.2, 0.25) is 0 Å². The molecule has 2 heterocycles. The number of aliphatic imine (C=N–C) groups is 1. The number of nitrogens with two attached hydrogens (primary N) is 1. The van der Waals surface area contributed by atoms with E-state index in [1.54, 1.807) is 0 Å². The van der Waals surface area contributed by atoms with E-state index in [1.165, 1.54) is 0 Å². The van der Waals surface area contributed by atoms with Crippen molar-refractivity contribution in [1.82, 2.24) is 4.90 Å². The van der Waals surface area contributed by atoms with Crippen LogP contribution in [-0.2, 0) is 0 Å². The summed E-state index contributed by atoms with van der Waals surface area (Å²) in [6, 6.07) is 7.76. The Bertz CT molecular complexity index is 503. The number of nitrogens with zero attached hydrogens (tertiary/aromatic N) is 2. The third-order valence-electron chi connectivity index (χ3n) is 3.63. The fraction of sp³-hybridized carbons (Fsp3) is 0.533. The molecule has 2 N–H and O–H groups in total. The smallest absolute Gasteiger partial charge is 0.191 e. The Hall–Kier alpha value is -1.56. The van der Waals surface area contributed by atoms with Gasteiger partial charge in [-0.05, 0) is 12.1 Å². The number of benzene rings is 1. The molecule has 0 amide bonds. The predicted molar refractivity (Wildman–Crippen MR) is 86.4 cm³/mol. The molecule has 6 heteroatoms. The highest BCUT2D eigenvalue weighted by Crippen LogP contribution is 2.31. The number of hydrogen-bond acceptors (Lipinski definition) is 4. The van der Waals surface area contributed by atoms with Crippen LogP contribution < -0.4 is 15.2 Å². The summed E-state index contributed by atoms with van der Waals surface area (Å²) in [5.41, 5.74) is 6.04. The lowest BCUT2D eigenvalue weighted by Crippen LogP contribution is -2.42. The average molecular weight is 307 g/mol. The van der Waals surface area contributed by atoms with E-state index >= 15 is 0 Å². The van der Waals surface area contributed by atoms with Crippen LogP contribution in [0.5, 0.6) is 11.5 Å². The summed E-state index contributed by atoms with van der Waals surface area (Å²) in [6.07, 6.45) is 0.866. The molecule has 1 saturated heterocycles. The van der Waals surface area contributed by atoms with Gasteiger partial charge in [0.05, 0.1) is 0 Å². The van der Waals surface area contributed by atoms with Crippen molar-refractivity contribution in [3.8, 4) is 11.5 Å². The molecule has 0 aliphatic carbocycles. The summed E-state index contributed by atoms with van der Waals surface area (Å²) in [5, 5.41) is 0. The van der Waals surface area contributed by atoms with Gasteiger partial charge in [0.15, 0.2) is 17.5 Å². The molecule has 0 saturated carbocycles. The maximum Gasteiger partial charge on any atom is 0.191 e. The van der Waals surface area contributed by atoms with Gasteiger partial charge in [-0.25, -0.2) is 0 Å². The predicted octanol–water partition coefficient (Wildman–Crippen LogP) is 1.58. The lowest BCUT2D eigenvalue weighted by molar-refractivity contribution is 0.0866. The van der Waals surface area contributed by atoms with Gasteiger partial charge in [-0.1, -0.05) is 12.1 Å². The second-order valence-electron chi connectivity index (χ2n) is 5.13. The highest BCUT2D eigenvalue weighted by molar-refractivity contribution is 7.99. The van der Waals surface area contributed by atoms with Gasteiger partial charge in [-0.15, -0.1) is 0 Å². The second-order valence-corrected chi connectivity index (χ2v) is 6.35. The van der Waals surface area contributed by atoms with Crippen LogP contribution in [0.15, 0.2) is 29.3 Å². The van der Waals surface area contributed by atoms with Gasteiger partial charge >= 0.3 is 0 Å². The molecule has 0 aromatic heterocycles. The molecular weight excluding hydrogens is 286 g/mol. The Labute approximate surface area is 129 Å². The van der Waals surface area contributed by atoms with Crippen LogP contribution in [0.1, 0.15) is 6.42 Å². The first-order chi connectivity index (χ1) is 10.3. The largest absolute Gasteiger partial charge is 0.486 e. The summed E-state index contributed by atoms with van der Waals surface area (Å²) in [7, 11) is 0. The third-order valence-corrected chi connectivity index (χ3v) is 4.57. The van der Waals surface area contributed by atoms with Crippen molar-refractivity contribution in [2.75, 3.05) is 37.7 Å². The zero-order chi connectivity index (χ0) is 14.5. The summed E-state index contributed by atoms with van der Waals surface area (Å²) in [4.78, 5) is 6.63. The monoisotopic (exact) mass is 307 g/mol. The zero-order valence-corrected chi connectivity index (χ0v) is 12.8. The Balaban J connectivity index is 1.47. The summed E-state index contributed by atoms with van der Waals surface area (Å²) in [6.45, 7) is 3.24. The van der Waals surface area contributed by atoms with Gasteiger partial charge in [-0.3, -0.25) is 4.99 Å². The van der Waals surface area contributed by atoms with Crippen molar-refractivity contribution in [2.45, 2.75) is 12.5 Å². The lowest BCUT2D eigenvalue weighted by Gasteiger charge is -2.28. The minimum absolute atomic E-state index is 0.0494. The Kier molecular flexibility index (Phi) is 4.75. The van der Waals surface area contributed by atoms with Crippen molar-refractivity contribution in [1.29, 1.82) is 0 Å². The molecule has 1 fully saturated rings. The van der Waals surface area contributed by atoms with Crippen molar-refractivity contribution < 1.29 is 9.47 Å². The first-order valence-electron chi connectivity index (χ1n) is 7.34. The fourth-order valence-corrected chi connectivity index (χ4v) is 3.32. The number of ether oxygens (including phenoxy) is 2. The van der Waals surface area contributed by atoms with Gasteiger partial charge in [0.25, 0.3) is 0 Å². The van der Waals surface area contributed by atoms with Crippen molar-refractivity contribution in [2.24, 2.45) is 10.7 Å². The van der Waals surface area contributed by atoms with E-state index in [4.69, 9.17) is 15.2 Å². The molecule has 114 valence electrons. The molecule has 21 heavy (non-hydrogen) atoms. The molecule has 2 aliphatic heterocycles. The van der Waals surface area contributed by atoms with Crippen LogP contribution in [0.2, 0.25) is 0 Å². The molecule has 5 nitrogen and oxygen atoms in total. The number of thioether (sulfide) groups is 1. The normalized spacial score (nSPS) is 22.2. The minimum Gasteiger partial charge on any atom is -0.486 e. The van der Waals surface area contributed by atoms with E-state index in [1.807, 2.05) is 36.0 Å². The van der Waals surface area contributed by atoms with Crippen LogP contribution >= 0.6 is 11.8 Å².